The van der Waals surface area contributed by atoms with Crippen LogP contribution in [0.15, 0.2) is 42.7 Å². The normalized spacial score (nSPS) is 10.2. The number of carbonyl (C=O) groups excluding carboxylic acids is 1. The fourth-order valence-electron chi connectivity index (χ4n) is 1.50. The number of pyridine rings is 1. The van der Waals surface area contributed by atoms with Gasteiger partial charge in [0.25, 0.3) is 0 Å². The number of rotatable bonds is 3. The van der Waals surface area contributed by atoms with Crippen LogP contribution < -0.4 is 0 Å². The van der Waals surface area contributed by atoms with Gasteiger partial charge in [0.1, 0.15) is 5.82 Å². The molecule has 2 rings (SSSR count). The third-order valence-electron chi connectivity index (χ3n) is 2.32. The number of carbonyl (C=O) groups is 1. The van der Waals surface area contributed by atoms with Crippen molar-refractivity contribution in [2.45, 2.75) is 6.42 Å². The molecule has 0 fully saturated rings. The molecule has 4 heteroatoms. The van der Waals surface area contributed by atoms with Crippen LogP contribution in [0.4, 0.5) is 4.39 Å². The Bertz CT molecular complexity index is 542. The summed E-state index contributed by atoms with van der Waals surface area (Å²) in [5.41, 5.74) is 1.41. The first-order valence-electron chi connectivity index (χ1n) is 5.04. The minimum absolute atomic E-state index is 0.0256. The van der Waals surface area contributed by atoms with Crippen molar-refractivity contribution in [1.29, 1.82) is 0 Å². The largest absolute Gasteiger partial charge is 0.294 e. The Labute approximate surface area is 112 Å². The van der Waals surface area contributed by atoms with E-state index in [0.29, 0.717) is 9.13 Å². The lowest BCUT2D eigenvalue weighted by molar-refractivity contribution is 0.0992. The van der Waals surface area contributed by atoms with Gasteiger partial charge in [-0.25, -0.2) is 4.39 Å². The first-order chi connectivity index (χ1) is 8.16. The predicted octanol–water partition coefficient (Wildman–Crippen LogP) is 3.25. The van der Waals surface area contributed by atoms with Crippen molar-refractivity contribution in [2.24, 2.45) is 0 Å². The Balaban J connectivity index is 2.21. The molecule has 0 radical (unpaired) electrons. The van der Waals surface area contributed by atoms with E-state index < -0.39 is 0 Å². The summed E-state index contributed by atoms with van der Waals surface area (Å²) >= 11 is 1.97. The van der Waals surface area contributed by atoms with E-state index >= 15 is 0 Å². The quantitative estimate of drug-likeness (QED) is 0.634. The topological polar surface area (TPSA) is 30.0 Å². The van der Waals surface area contributed by atoms with Crippen LogP contribution >= 0.6 is 22.6 Å². The van der Waals surface area contributed by atoms with Gasteiger partial charge in [0, 0.05) is 27.9 Å². The maximum absolute atomic E-state index is 12.9. The standard InChI is InChI=1S/C13H9FINO/c14-10-3-4-11(12(15)7-10)13(17)6-9-2-1-5-16-8-9/h1-5,7-8H,6H2. The maximum Gasteiger partial charge on any atom is 0.168 e. The van der Waals surface area contributed by atoms with E-state index in [0.717, 1.165) is 5.56 Å². The van der Waals surface area contributed by atoms with Crippen LogP contribution in [-0.2, 0) is 6.42 Å². The van der Waals surface area contributed by atoms with Crippen molar-refractivity contribution in [3.63, 3.8) is 0 Å². The lowest BCUT2D eigenvalue weighted by Gasteiger charge is -2.03. The van der Waals surface area contributed by atoms with E-state index in [1.165, 1.54) is 18.2 Å². The highest BCUT2D eigenvalue weighted by atomic mass is 127. The van der Waals surface area contributed by atoms with Crippen LogP contribution in [-0.4, -0.2) is 10.8 Å². The monoisotopic (exact) mass is 341 g/mol. The minimum Gasteiger partial charge on any atom is -0.294 e. The Morgan fingerprint density at radius 1 is 1.35 bits per heavy atom. The molecule has 0 amide bonds. The molecule has 1 aromatic heterocycles. The second-order valence-electron chi connectivity index (χ2n) is 3.59. The summed E-state index contributed by atoms with van der Waals surface area (Å²) in [6.45, 7) is 0. The third kappa shape index (κ3) is 3.09. The van der Waals surface area contributed by atoms with Gasteiger partial charge >= 0.3 is 0 Å². The maximum atomic E-state index is 12.9. The SMILES string of the molecule is O=C(Cc1cccnc1)c1ccc(F)cc1I. The minimum atomic E-state index is -0.327. The Morgan fingerprint density at radius 2 is 2.18 bits per heavy atom. The van der Waals surface area contributed by atoms with E-state index in [2.05, 4.69) is 4.98 Å². The molecule has 0 bridgehead atoms. The molecule has 0 aliphatic heterocycles. The summed E-state index contributed by atoms with van der Waals surface area (Å²) in [5.74, 6) is -0.352. The molecular formula is C13H9FINO. The van der Waals surface area contributed by atoms with Crippen molar-refractivity contribution >= 4 is 28.4 Å². The smallest absolute Gasteiger partial charge is 0.168 e. The molecule has 17 heavy (non-hydrogen) atoms. The zero-order chi connectivity index (χ0) is 12.3. The van der Waals surface area contributed by atoms with Gasteiger partial charge in [-0.05, 0) is 52.4 Å². The molecular weight excluding hydrogens is 332 g/mol. The Hall–Kier alpha value is -1.30. The average Bonchev–Trinajstić information content (AvgIpc) is 2.30. The summed E-state index contributed by atoms with van der Waals surface area (Å²) in [6, 6.07) is 7.82. The molecule has 0 unspecified atom stereocenters. The predicted molar refractivity (Wildman–Crippen MR) is 71.4 cm³/mol. The molecule has 1 aromatic carbocycles. The number of benzene rings is 1. The lowest BCUT2D eigenvalue weighted by Crippen LogP contribution is -2.06. The van der Waals surface area contributed by atoms with E-state index in [1.54, 1.807) is 18.5 Å². The van der Waals surface area contributed by atoms with Crippen molar-refractivity contribution in [3.05, 3.63) is 63.2 Å². The van der Waals surface area contributed by atoms with Crippen LogP contribution in [0.3, 0.4) is 0 Å². The molecule has 86 valence electrons. The average molecular weight is 341 g/mol. The Morgan fingerprint density at radius 3 is 2.82 bits per heavy atom. The van der Waals surface area contributed by atoms with E-state index in [-0.39, 0.29) is 18.0 Å². The fourth-order valence-corrected chi connectivity index (χ4v) is 2.28. The van der Waals surface area contributed by atoms with Gasteiger partial charge in [-0.15, -0.1) is 0 Å². The number of Topliss-reactive ketones (excluding diaryl/α,β-unsaturated/α-hetero) is 1. The van der Waals surface area contributed by atoms with Crippen LogP contribution in [0, 0.1) is 9.39 Å². The van der Waals surface area contributed by atoms with Crippen molar-refractivity contribution in [1.82, 2.24) is 4.98 Å². The highest BCUT2D eigenvalue weighted by Crippen LogP contribution is 2.16. The molecule has 2 nitrogen and oxygen atoms in total. The van der Waals surface area contributed by atoms with Gasteiger partial charge in [-0.2, -0.15) is 0 Å². The summed E-state index contributed by atoms with van der Waals surface area (Å²) in [7, 11) is 0. The van der Waals surface area contributed by atoms with Crippen LogP contribution in [0.5, 0.6) is 0 Å². The zero-order valence-electron chi connectivity index (χ0n) is 8.86. The van der Waals surface area contributed by atoms with E-state index in [9.17, 15) is 9.18 Å². The molecule has 0 atom stereocenters. The van der Waals surface area contributed by atoms with Crippen LogP contribution in [0.25, 0.3) is 0 Å². The number of hydrogen-bond donors (Lipinski definition) is 0. The third-order valence-corrected chi connectivity index (χ3v) is 3.21. The van der Waals surface area contributed by atoms with Gasteiger partial charge in [0.05, 0.1) is 0 Å². The van der Waals surface area contributed by atoms with Gasteiger partial charge in [0.15, 0.2) is 5.78 Å². The zero-order valence-corrected chi connectivity index (χ0v) is 11.0. The molecule has 0 aliphatic carbocycles. The summed E-state index contributed by atoms with van der Waals surface area (Å²) in [6.07, 6.45) is 3.61. The molecule has 0 spiro atoms. The fraction of sp³-hybridized carbons (Fsp3) is 0.0769. The molecule has 0 saturated heterocycles. The van der Waals surface area contributed by atoms with E-state index in [4.69, 9.17) is 0 Å². The summed E-state index contributed by atoms with van der Waals surface area (Å²) in [4.78, 5) is 15.9. The van der Waals surface area contributed by atoms with E-state index in [1.807, 2.05) is 28.7 Å². The second kappa shape index (κ2) is 5.35. The lowest BCUT2D eigenvalue weighted by atomic mass is 10.0. The van der Waals surface area contributed by atoms with Crippen molar-refractivity contribution < 1.29 is 9.18 Å². The summed E-state index contributed by atoms with van der Waals surface area (Å²) < 4.78 is 13.5. The van der Waals surface area contributed by atoms with Gasteiger partial charge in [-0.1, -0.05) is 6.07 Å². The molecule has 0 N–H and O–H groups in total. The van der Waals surface area contributed by atoms with Crippen LogP contribution in [0.2, 0.25) is 0 Å². The first-order valence-corrected chi connectivity index (χ1v) is 6.12. The number of aromatic nitrogens is 1. The first kappa shape index (κ1) is 12.2. The van der Waals surface area contributed by atoms with Crippen LogP contribution in [0.1, 0.15) is 15.9 Å². The Kier molecular flexibility index (Phi) is 3.83. The van der Waals surface area contributed by atoms with Gasteiger partial charge < -0.3 is 0 Å². The number of hydrogen-bond acceptors (Lipinski definition) is 2. The number of ketones is 1. The second-order valence-corrected chi connectivity index (χ2v) is 4.75. The van der Waals surface area contributed by atoms with Crippen molar-refractivity contribution in [3.8, 4) is 0 Å². The highest BCUT2D eigenvalue weighted by molar-refractivity contribution is 14.1. The molecule has 0 saturated carbocycles. The molecule has 2 aromatic rings. The molecule has 1 heterocycles. The van der Waals surface area contributed by atoms with Gasteiger partial charge in [0.2, 0.25) is 0 Å². The van der Waals surface area contributed by atoms with Gasteiger partial charge in [-0.3, -0.25) is 9.78 Å². The highest BCUT2D eigenvalue weighted by Gasteiger charge is 2.11. The van der Waals surface area contributed by atoms with Crippen molar-refractivity contribution in [2.75, 3.05) is 0 Å². The molecule has 0 aliphatic rings. The number of halogens is 2. The number of nitrogens with zero attached hydrogens (tertiary/aromatic N) is 1. The summed E-state index contributed by atoms with van der Waals surface area (Å²) in [5, 5.41) is 0.